The van der Waals surface area contributed by atoms with Crippen LogP contribution in [0.2, 0.25) is 0 Å². The summed E-state index contributed by atoms with van der Waals surface area (Å²) in [6, 6.07) is 27.6. The smallest absolute Gasteiger partial charge is 0.412 e. The third-order valence-electron chi connectivity index (χ3n) is 4.03. The van der Waals surface area contributed by atoms with Gasteiger partial charge in [-0.05, 0) is 35.2 Å². The minimum Gasteiger partial charge on any atom is -0.441 e. The zero-order valence-corrected chi connectivity index (χ0v) is 14.2. The number of ether oxygens (including phenoxy) is 1. The van der Waals surface area contributed by atoms with E-state index < -0.39 is 6.09 Å². The molecule has 0 aliphatic rings. The maximum atomic E-state index is 12.2. The van der Waals surface area contributed by atoms with Crippen LogP contribution >= 0.6 is 0 Å². The van der Waals surface area contributed by atoms with Crippen LogP contribution in [0.15, 0.2) is 84.9 Å². The predicted octanol–water partition coefficient (Wildman–Crippen LogP) is 6.05. The van der Waals surface area contributed by atoms with Crippen LogP contribution in [0.5, 0.6) is 0 Å². The standard InChI is InChI=1S/C22H21NO2/c1-2-21(19-11-7-4-8-12-19)25-22(24)23-20-15-13-18(14-16-20)17-9-5-3-6-10-17/h3-16,21H,2H2,1H3,(H,23,24)/t21-/m0/s1. The number of carbonyl (C=O) groups excluding carboxylic acids is 1. The summed E-state index contributed by atoms with van der Waals surface area (Å²) >= 11 is 0. The Kier molecular flexibility index (Phi) is 5.47. The molecule has 3 aromatic carbocycles. The van der Waals surface area contributed by atoms with E-state index in [2.05, 4.69) is 17.4 Å². The third kappa shape index (κ3) is 4.48. The Morgan fingerprint density at radius 2 is 1.40 bits per heavy atom. The normalized spacial score (nSPS) is 11.6. The Morgan fingerprint density at radius 3 is 2.00 bits per heavy atom. The van der Waals surface area contributed by atoms with E-state index in [9.17, 15) is 4.79 Å². The average Bonchev–Trinajstić information content (AvgIpc) is 2.68. The number of rotatable bonds is 5. The van der Waals surface area contributed by atoms with E-state index in [1.165, 1.54) is 0 Å². The van der Waals surface area contributed by atoms with Crippen molar-refractivity contribution in [3.63, 3.8) is 0 Å². The first-order valence-corrected chi connectivity index (χ1v) is 8.44. The molecule has 1 atom stereocenters. The van der Waals surface area contributed by atoms with Gasteiger partial charge in [-0.25, -0.2) is 4.79 Å². The van der Waals surface area contributed by atoms with Gasteiger partial charge >= 0.3 is 6.09 Å². The van der Waals surface area contributed by atoms with E-state index in [0.29, 0.717) is 5.69 Å². The molecule has 25 heavy (non-hydrogen) atoms. The molecule has 3 aromatic rings. The van der Waals surface area contributed by atoms with E-state index in [1.807, 2.05) is 79.7 Å². The first kappa shape index (κ1) is 16.8. The maximum Gasteiger partial charge on any atom is 0.412 e. The highest BCUT2D eigenvalue weighted by molar-refractivity contribution is 5.85. The number of nitrogens with one attached hydrogen (secondary N) is 1. The molecule has 1 amide bonds. The first-order chi connectivity index (χ1) is 12.3. The number of hydrogen-bond donors (Lipinski definition) is 1. The van der Waals surface area contributed by atoms with Gasteiger partial charge in [0.2, 0.25) is 0 Å². The molecule has 0 fully saturated rings. The van der Waals surface area contributed by atoms with Crippen LogP contribution in [0.25, 0.3) is 11.1 Å². The summed E-state index contributed by atoms with van der Waals surface area (Å²) in [7, 11) is 0. The Hall–Kier alpha value is -3.07. The van der Waals surface area contributed by atoms with Crippen molar-refractivity contribution in [1.29, 1.82) is 0 Å². The van der Waals surface area contributed by atoms with Crippen LogP contribution in [0.3, 0.4) is 0 Å². The van der Waals surface area contributed by atoms with Gasteiger partial charge in [0.25, 0.3) is 0 Å². The monoisotopic (exact) mass is 331 g/mol. The predicted molar refractivity (Wildman–Crippen MR) is 101 cm³/mol. The highest BCUT2D eigenvalue weighted by atomic mass is 16.6. The molecule has 0 saturated carbocycles. The molecule has 0 radical (unpaired) electrons. The van der Waals surface area contributed by atoms with Crippen LogP contribution in [-0.4, -0.2) is 6.09 Å². The van der Waals surface area contributed by atoms with Crippen molar-refractivity contribution in [3.8, 4) is 11.1 Å². The van der Waals surface area contributed by atoms with Gasteiger partial charge in [-0.3, -0.25) is 5.32 Å². The molecule has 0 saturated heterocycles. The van der Waals surface area contributed by atoms with Gasteiger partial charge in [-0.2, -0.15) is 0 Å². The van der Waals surface area contributed by atoms with Crippen molar-refractivity contribution in [2.75, 3.05) is 5.32 Å². The second-order valence-electron chi connectivity index (χ2n) is 5.78. The minimum atomic E-state index is -0.442. The summed E-state index contributed by atoms with van der Waals surface area (Å²) in [5, 5.41) is 2.79. The fourth-order valence-corrected chi connectivity index (χ4v) is 2.71. The van der Waals surface area contributed by atoms with E-state index in [4.69, 9.17) is 4.74 Å². The minimum absolute atomic E-state index is 0.246. The molecule has 126 valence electrons. The number of hydrogen-bond acceptors (Lipinski definition) is 2. The fraction of sp³-hybridized carbons (Fsp3) is 0.136. The highest BCUT2D eigenvalue weighted by Crippen LogP contribution is 2.23. The van der Waals surface area contributed by atoms with Crippen LogP contribution in [-0.2, 0) is 4.74 Å². The molecule has 0 aromatic heterocycles. The number of carbonyl (C=O) groups is 1. The molecule has 0 spiro atoms. The highest BCUT2D eigenvalue weighted by Gasteiger charge is 2.14. The maximum absolute atomic E-state index is 12.2. The lowest BCUT2D eigenvalue weighted by atomic mass is 10.1. The third-order valence-corrected chi connectivity index (χ3v) is 4.03. The van der Waals surface area contributed by atoms with Gasteiger partial charge in [0.1, 0.15) is 6.10 Å². The van der Waals surface area contributed by atoms with Gasteiger partial charge in [-0.15, -0.1) is 0 Å². The van der Waals surface area contributed by atoms with Gasteiger partial charge in [-0.1, -0.05) is 79.7 Å². The largest absolute Gasteiger partial charge is 0.441 e. The molecule has 0 unspecified atom stereocenters. The quantitative estimate of drug-likeness (QED) is 0.617. The van der Waals surface area contributed by atoms with Crippen molar-refractivity contribution in [2.45, 2.75) is 19.4 Å². The molecule has 1 N–H and O–H groups in total. The lowest BCUT2D eigenvalue weighted by Crippen LogP contribution is -2.17. The zero-order chi connectivity index (χ0) is 17.5. The van der Waals surface area contributed by atoms with E-state index >= 15 is 0 Å². The Morgan fingerprint density at radius 1 is 0.840 bits per heavy atom. The van der Waals surface area contributed by atoms with Gasteiger partial charge in [0.15, 0.2) is 0 Å². The Balaban J connectivity index is 1.63. The van der Waals surface area contributed by atoms with Crippen molar-refractivity contribution < 1.29 is 9.53 Å². The lowest BCUT2D eigenvalue weighted by molar-refractivity contribution is 0.108. The van der Waals surface area contributed by atoms with Crippen LogP contribution in [0.4, 0.5) is 10.5 Å². The van der Waals surface area contributed by atoms with Crippen molar-refractivity contribution >= 4 is 11.8 Å². The van der Waals surface area contributed by atoms with E-state index in [-0.39, 0.29) is 6.10 Å². The van der Waals surface area contributed by atoms with E-state index in [1.54, 1.807) is 0 Å². The summed E-state index contributed by atoms with van der Waals surface area (Å²) in [6.07, 6.45) is 0.0395. The zero-order valence-electron chi connectivity index (χ0n) is 14.2. The SMILES string of the molecule is CC[C@H](OC(=O)Nc1ccc(-c2ccccc2)cc1)c1ccccc1. The molecule has 0 aliphatic heterocycles. The van der Waals surface area contributed by atoms with Crippen LogP contribution < -0.4 is 5.32 Å². The summed E-state index contributed by atoms with van der Waals surface area (Å²) in [6.45, 7) is 2.00. The first-order valence-electron chi connectivity index (χ1n) is 8.44. The fourth-order valence-electron chi connectivity index (χ4n) is 2.71. The number of amides is 1. The summed E-state index contributed by atoms with van der Waals surface area (Å²) in [5.74, 6) is 0. The average molecular weight is 331 g/mol. The molecule has 3 rings (SSSR count). The van der Waals surface area contributed by atoms with E-state index in [0.717, 1.165) is 23.1 Å². The van der Waals surface area contributed by atoms with Crippen LogP contribution in [0.1, 0.15) is 25.0 Å². The van der Waals surface area contributed by atoms with Crippen LogP contribution in [0, 0.1) is 0 Å². The topological polar surface area (TPSA) is 38.3 Å². The molecule has 3 nitrogen and oxygen atoms in total. The second-order valence-corrected chi connectivity index (χ2v) is 5.78. The molecule has 0 bridgehead atoms. The summed E-state index contributed by atoms with van der Waals surface area (Å²) < 4.78 is 5.55. The molecule has 0 aliphatic carbocycles. The summed E-state index contributed by atoms with van der Waals surface area (Å²) in [5.41, 5.74) is 3.97. The Bertz CT molecular complexity index is 798. The second kappa shape index (κ2) is 8.15. The molecular formula is C22H21NO2. The Labute approximate surface area is 148 Å². The molecule has 0 heterocycles. The van der Waals surface area contributed by atoms with Gasteiger partial charge in [0, 0.05) is 5.69 Å². The van der Waals surface area contributed by atoms with Crippen molar-refractivity contribution in [2.24, 2.45) is 0 Å². The lowest BCUT2D eigenvalue weighted by Gasteiger charge is -2.17. The van der Waals surface area contributed by atoms with Gasteiger partial charge in [0.05, 0.1) is 0 Å². The van der Waals surface area contributed by atoms with Crippen molar-refractivity contribution in [3.05, 3.63) is 90.5 Å². The van der Waals surface area contributed by atoms with Crippen molar-refractivity contribution in [1.82, 2.24) is 0 Å². The molecule has 3 heteroatoms. The summed E-state index contributed by atoms with van der Waals surface area (Å²) in [4.78, 5) is 12.2. The number of benzene rings is 3. The molecular weight excluding hydrogens is 310 g/mol. The number of anilines is 1. The van der Waals surface area contributed by atoms with Gasteiger partial charge < -0.3 is 4.74 Å².